The third-order valence-electron chi connectivity index (χ3n) is 4.47. The number of methoxy groups -OCH3 is 1. The van der Waals surface area contributed by atoms with Crippen molar-refractivity contribution in [1.29, 1.82) is 0 Å². The minimum absolute atomic E-state index is 0.107. The number of fused-ring (bicyclic) bond motifs is 1. The van der Waals surface area contributed by atoms with E-state index in [0.29, 0.717) is 6.54 Å². The first-order valence-electron chi connectivity index (χ1n) is 8.02. The van der Waals surface area contributed by atoms with Gasteiger partial charge in [0.25, 0.3) is 0 Å². The summed E-state index contributed by atoms with van der Waals surface area (Å²) in [5.41, 5.74) is 5.24. The topological polar surface area (TPSA) is 94.3 Å². The smallest absolute Gasteiger partial charge is 0.238 e. The predicted molar refractivity (Wildman–Crippen MR) is 106 cm³/mol. The highest BCUT2D eigenvalue weighted by Crippen LogP contribution is 2.39. The maximum Gasteiger partial charge on any atom is 0.238 e. The average Bonchev–Trinajstić information content (AvgIpc) is 3.03. The van der Waals surface area contributed by atoms with Crippen molar-refractivity contribution in [2.24, 2.45) is 5.14 Å². The summed E-state index contributed by atoms with van der Waals surface area (Å²) in [6.07, 6.45) is 0. The number of rotatable bonds is 5. The molecule has 0 saturated carbocycles. The summed E-state index contributed by atoms with van der Waals surface area (Å²) in [4.78, 5) is 4.82. The summed E-state index contributed by atoms with van der Waals surface area (Å²) in [5, 5.41) is 9.24. The van der Waals surface area contributed by atoms with E-state index in [1.807, 2.05) is 13.8 Å². The second-order valence-corrected chi connectivity index (χ2v) is 8.71. The number of sulfonamides is 1. The lowest BCUT2D eigenvalue weighted by Crippen LogP contribution is -2.12. The summed E-state index contributed by atoms with van der Waals surface area (Å²) in [7, 11) is -1.98. The fourth-order valence-electron chi connectivity index (χ4n) is 2.92. The molecule has 26 heavy (non-hydrogen) atoms. The van der Waals surface area contributed by atoms with E-state index in [-0.39, 0.29) is 4.90 Å². The van der Waals surface area contributed by atoms with Crippen LogP contribution in [0.3, 0.4) is 0 Å². The van der Waals surface area contributed by atoms with Crippen LogP contribution in [0.1, 0.15) is 22.3 Å². The Kier molecular flexibility index (Phi) is 4.92. The quantitative estimate of drug-likeness (QED) is 0.694. The van der Waals surface area contributed by atoms with Gasteiger partial charge in [-0.15, -0.1) is 0 Å². The van der Waals surface area contributed by atoms with Gasteiger partial charge in [-0.1, -0.05) is 23.5 Å². The molecule has 0 saturated heterocycles. The van der Waals surface area contributed by atoms with Gasteiger partial charge in [-0.3, -0.25) is 0 Å². The van der Waals surface area contributed by atoms with Gasteiger partial charge in [-0.05, 0) is 49.6 Å². The van der Waals surface area contributed by atoms with E-state index in [2.05, 4.69) is 12.2 Å². The van der Waals surface area contributed by atoms with Crippen molar-refractivity contribution in [2.45, 2.75) is 32.2 Å². The highest BCUT2D eigenvalue weighted by Gasteiger charge is 2.16. The minimum atomic E-state index is -3.67. The Morgan fingerprint density at radius 3 is 2.35 bits per heavy atom. The number of nitrogens with zero attached hydrogens (tertiary/aromatic N) is 1. The first kappa shape index (κ1) is 18.6. The highest BCUT2D eigenvalue weighted by molar-refractivity contribution is 7.89. The summed E-state index contributed by atoms with van der Waals surface area (Å²) < 4.78 is 29.3. The molecular formula is C18H21N3O3S2. The number of aryl methyl sites for hydroxylation is 2. The molecule has 0 atom stereocenters. The third-order valence-corrected chi connectivity index (χ3v) is 6.53. The van der Waals surface area contributed by atoms with Gasteiger partial charge in [0, 0.05) is 12.1 Å². The van der Waals surface area contributed by atoms with E-state index in [1.165, 1.54) is 12.1 Å². The van der Waals surface area contributed by atoms with Crippen LogP contribution in [0.4, 0.5) is 5.13 Å². The van der Waals surface area contributed by atoms with Gasteiger partial charge >= 0.3 is 0 Å². The molecule has 0 aliphatic carbocycles. The number of benzene rings is 2. The molecule has 6 nitrogen and oxygen atoms in total. The number of primary sulfonamides is 1. The van der Waals surface area contributed by atoms with Gasteiger partial charge in [0.05, 0.1) is 22.2 Å². The second kappa shape index (κ2) is 6.86. The number of nitrogens with one attached hydrogen (secondary N) is 1. The molecule has 3 N–H and O–H groups in total. The summed E-state index contributed by atoms with van der Waals surface area (Å²) >= 11 is 1.58. The highest BCUT2D eigenvalue weighted by atomic mass is 32.2. The molecule has 0 amide bonds. The number of anilines is 1. The molecule has 0 aliphatic heterocycles. The molecule has 8 heteroatoms. The van der Waals surface area contributed by atoms with E-state index < -0.39 is 10.0 Å². The van der Waals surface area contributed by atoms with Crippen LogP contribution < -0.4 is 15.2 Å². The number of nitrogens with two attached hydrogens (primary N) is 1. The Balaban J connectivity index is 1.86. The van der Waals surface area contributed by atoms with Gasteiger partial charge in [0.15, 0.2) is 5.13 Å². The molecule has 3 aromatic rings. The van der Waals surface area contributed by atoms with Crippen LogP contribution in [-0.2, 0) is 16.6 Å². The van der Waals surface area contributed by atoms with Crippen LogP contribution in [-0.4, -0.2) is 20.5 Å². The van der Waals surface area contributed by atoms with Crippen molar-refractivity contribution in [3.8, 4) is 5.75 Å². The molecule has 0 bridgehead atoms. The Hall–Kier alpha value is -2.16. The zero-order valence-corrected chi connectivity index (χ0v) is 16.7. The Labute approximate surface area is 157 Å². The zero-order chi connectivity index (χ0) is 19.1. The van der Waals surface area contributed by atoms with Crippen LogP contribution >= 0.6 is 11.3 Å². The SMILES string of the molecule is COc1c(C)c(C)c2nc(NCc3ccc(S(N)(=O)=O)cc3)sc2c1C. The van der Waals surface area contributed by atoms with Crippen LogP contribution in [0.5, 0.6) is 5.75 Å². The lowest BCUT2D eigenvalue weighted by Gasteiger charge is -2.11. The first-order valence-corrected chi connectivity index (χ1v) is 10.4. The largest absolute Gasteiger partial charge is 0.496 e. The van der Waals surface area contributed by atoms with Gasteiger partial charge < -0.3 is 10.1 Å². The van der Waals surface area contributed by atoms with Crippen LogP contribution in [0.15, 0.2) is 29.2 Å². The van der Waals surface area contributed by atoms with Crippen molar-refractivity contribution in [3.63, 3.8) is 0 Å². The van der Waals surface area contributed by atoms with E-state index in [0.717, 1.165) is 43.4 Å². The Morgan fingerprint density at radius 1 is 1.12 bits per heavy atom. The van der Waals surface area contributed by atoms with E-state index in [9.17, 15) is 8.42 Å². The minimum Gasteiger partial charge on any atom is -0.496 e. The van der Waals surface area contributed by atoms with Gasteiger partial charge in [-0.25, -0.2) is 18.5 Å². The predicted octanol–water partition coefficient (Wildman–Crippen LogP) is 3.49. The molecule has 0 aliphatic rings. The van der Waals surface area contributed by atoms with Crippen molar-refractivity contribution in [1.82, 2.24) is 4.98 Å². The number of hydrogen-bond acceptors (Lipinski definition) is 6. The Morgan fingerprint density at radius 2 is 1.77 bits per heavy atom. The molecule has 0 radical (unpaired) electrons. The van der Waals surface area contributed by atoms with Gasteiger partial charge in [-0.2, -0.15) is 0 Å². The molecule has 1 heterocycles. The number of ether oxygens (including phenoxy) is 1. The van der Waals surface area contributed by atoms with E-state index in [4.69, 9.17) is 14.9 Å². The summed E-state index contributed by atoms with van der Waals surface area (Å²) in [5.74, 6) is 0.906. The average molecular weight is 392 g/mol. The van der Waals surface area contributed by atoms with Crippen molar-refractivity contribution < 1.29 is 13.2 Å². The number of hydrogen-bond donors (Lipinski definition) is 2. The van der Waals surface area contributed by atoms with E-state index >= 15 is 0 Å². The first-order chi connectivity index (χ1) is 12.2. The molecule has 1 aromatic heterocycles. The number of thiazole rings is 1. The number of aromatic nitrogens is 1. The monoisotopic (exact) mass is 391 g/mol. The van der Waals surface area contributed by atoms with Crippen LogP contribution in [0, 0.1) is 20.8 Å². The van der Waals surface area contributed by atoms with Crippen molar-refractivity contribution in [3.05, 3.63) is 46.5 Å². The molecule has 0 spiro atoms. The zero-order valence-electron chi connectivity index (χ0n) is 15.1. The fourth-order valence-corrected chi connectivity index (χ4v) is 4.45. The maximum atomic E-state index is 11.3. The standard InChI is InChI=1S/C18H21N3O3S2/c1-10-11(2)16(24-4)12(3)17-15(10)21-18(25-17)20-9-13-5-7-14(8-6-13)26(19,22)23/h5-8H,9H2,1-4H3,(H,20,21)(H2,19,22,23). The third kappa shape index (κ3) is 3.40. The molecule has 0 unspecified atom stereocenters. The van der Waals surface area contributed by atoms with Crippen molar-refractivity contribution in [2.75, 3.05) is 12.4 Å². The second-order valence-electron chi connectivity index (χ2n) is 6.15. The van der Waals surface area contributed by atoms with Gasteiger partial charge in [0.1, 0.15) is 5.75 Å². The van der Waals surface area contributed by atoms with E-state index in [1.54, 1.807) is 30.6 Å². The normalized spacial score (nSPS) is 11.7. The lowest BCUT2D eigenvalue weighted by molar-refractivity contribution is 0.409. The molecule has 138 valence electrons. The fraction of sp³-hybridized carbons (Fsp3) is 0.278. The Bertz CT molecular complexity index is 1070. The molecule has 2 aromatic carbocycles. The van der Waals surface area contributed by atoms with Crippen LogP contribution in [0.2, 0.25) is 0 Å². The lowest BCUT2D eigenvalue weighted by atomic mass is 10.0. The van der Waals surface area contributed by atoms with Crippen LogP contribution in [0.25, 0.3) is 10.2 Å². The van der Waals surface area contributed by atoms with Crippen molar-refractivity contribution >= 4 is 36.7 Å². The molecular weight excluding hydrogens is 370 g/mol. The summed E-state index contributed by atoms with van der Waals surface area (Å²) in [6, 6.07) is 6.49. The maximum absolute atomic E-state index is 11.3. The molecule has 3 rings (SSSR count). The molecule has 0 fully saturated rings. The van der Waals surface area contributed by atoms with Gasteiger partial charge in [0.2, 0.25) is 10.0 Å². The summed E-state index contributed by atoms with van der Waals surface area (Å²) in [6.45, 7) is 6.68.